The number of carbonyl (C=O) groups is 1. The van der Waals surface area contributed by atoms with E-state index in [0.29, 0.717) is 12.8 Å². The first-order chi connectivity index (χ1) is 8.50. The van der Waals surface area contributed by atoms with Gasteiger partial charge in [0.15, 0.2) is 0 Å². The fraction of sp³-hybridized carbons (Fsp3) is 0.692. The molecule has 0 aliphatic rings. The van der Waals surface area contributed by atoms with E-state index in [4.69, 9.17) is 4.52 Å². The Hall–Kier alpha value is -1.36. The Morgan fingerprint density at radius 2 is 2.11 bits per heavy atom. The van der Waals surface area contributed by atoms with Gasteiger partial charge in [-0.15, -0.1) is 0 Å². The molecular weight excluding hydrogens is 230 g/mol. The highest BCUT2D eigenvalue weighted by Gasteiger charge is 2.10. The van der Waals surface area contributed by atoms with Crippen molar-refractivity contribution < 1.29 is 9.32 Å². The van der Waals surface area contributed by atoms with E-state index in [9.17, 15) is 4.79 Å². The van der Waals surface area contributed by atoms with Gasteiger partial charge in [0.2, 0.25) is 5.91 Å². The molecule has 0 fully saturated rings. The van der Waals surface area contributed by atoms with Gasteiger partial charge in [-0.25, -0.2) is 0 Å². The second-order valence-electron chi connectivity index (χ2n) is 4.81. The molecule has 0 aliphatic carbocycles. The second kappa shape index (κ2) is 7.16. The average Bonchev–Trinajstić information content (AvgIpc) is 2.62. The number of aromatic nitrogens is 1. The van der Waals surface area contributed by atoms with Crippen molar-refractivity contribution in [2.75, 3.05) is 27.2 Å². The summed E-state index contributed by atoms with van der Waals surface area (Å²) in [7, 11) is 4.05. The summed E-state index contributed by atoms with van der Waals surface area (Å²) in [6.45, 7) is 5.51. The largest absolute Gasteiger partial charge is 0.361 e. The van der Waals surface area contributed by atoms with Gasteiger partial charge in [-0.05, 0) is 47.3 Å². The van der Waals surface area contributed by atoms with Crippen LogP contribution in [0.4, 0.5) is 0 Å². The Bertz CT molecular complexity index is 366. The van der Waals surface area contributed by atoms with E-state index in [1.165, 1.54) is 0 Å². The van der Waals surface area contributed by atoms with Crippen molar-refractivity contribution in [2.45, 2.75) is 33.1 Å². The zero-order valence-corrected chi connectivity index (χ0v) is 11.7. The Morgan fingerprint density at radius 3 is 2.67 bits per heavy atom. The van der Waals surface area contributed by atoms with Crippen LogP contribution >= 0.6 is 0 Å². The molecule has 0 saturated carbocycles. The second-order valence-corrected chi connectivity index (χ2v) is 4.81. The summed E-state index contributed by atoms with van der Waals surface area (Å²) in [5.41, 5.74) is 1.94. The van der Waals surface area contributed by atoms with E-state index >= 15 is 0 Å². The van der Waals surface area contributed by atoms with Crippen LogP contribution in [0, 0.1) is 13.8 Å². The summed E-state index contributed by atoms with van der Waals surface area (Å²) in [4.78, 5) is 13.7. The van der Waals surface area contributed by atoms with Crippen molar-refractivity contribution in [1.82, 2.24) is 15.4 Å². The quantitative estimate of drug-likeness (QED) is 0.744. The minimum atomic E-state index is 0.0914. The normalized spacial score (nSPS) is 10.9. The van der Waals surface area contributed by atoms with Gasteiger partial charge in [0.25, 0.3) is 0 Å². The van der Waals surface area contributed by atoms with E-state index in [0.717, 1.165) is 36.5 Å². The smallest absolute Gasteiger partial charge is 0.220 e. The number of carbonyl (C=O) groups excluding carboxylic acids is 1. The average molecular weight is 253 g/mol. The lowest BCUT2D eigenvalue weighted by molar-refractivity contribution is -0.121. The van der Waals surface area contributed by atoms with Crippen LogP contribution in [-0.2, 0) is 11.2 Å². The fourth-order valence-corrected chi connectivity index (χ4v) is 1.81. The summed E-state index contributed by atoms with van der Waals surface area (Å²) in [5.74, 6) is 0.904. The van der Waals surface area contributed by atoms with Crippen LogP contribution in [0.25, 0.3) is 0 Å². The summed E-state index contributed by atoms with van der Waals surface area (Å²) in [6.07, 6.45) is 2.16. The number of aryl methyl sites for hydroxylation is 2. The molecule has 0 saturated heterocycles. The van der Waals surface area contributed by atoms with Gasteiger partial charge in [0, 0.05) is 18.5 Å². The molecule has 1 aromatic heterocycles. The van der Waals surface area contributed by atoms with Gasteiger partial charge in [-0.3, -0.25) is 4.79 Å². The van der Waals surface area contributed by atoms with Crippen LogP contribution in [0.5, 0.6) is 0 Å². The predicted octanol–water partition coefficient (Wildman–Crippen LogP) is 1.29. The molecule has 102 valence electrons. The van der Waals surface area contributed by atoms with Crippen LogP contribution < -0.4 is 5.32 Å². The monoisotopic (exact) mass is 253 g/mol. The zero-order chi connectivity index (χ0) is 13.5. The Labute approximate surface area is 109 Å². The molecule has 0 aromatic carbocycles. The third kappa shape index (κ3) is 4.87. The van der Waals surface area contributed by atoms with Gasteiger partial charge >= 0.3 is 0 Å². The van der Waals surface area contributed by atoms with Crippen LogP contribution in [0.15, 0.2) is 4.52 Å². The van der Waals surface area contributed by atoms with Gasteiger partial charge in [0.05, 0.1) is 5.69 Å². The van der Waals surface area contributed by atoms with Crippen molar-refractivity contribution in [3.8, 4) is 0 Å². The molecule has 0 bridgehead atoms. The Balaban J connectivity index is 2.21. The highest BCUT2D eigenvalue weighted by molar-refractivity contribution is 5.76. The lowest BCUT2D eigenvalue weighted by atomic mass is 10.1. The van der Waals surface area contributed by atoms with Crippen LogP contribution in [-0.4, -0.2) is 43.1 Å². The fourth-order valence-electron chi connectivity index (χ4n) is 1.81. The molecule has 1 heterocycles. The lowest BCUT2D eigenvalue weighted by Gasteiger charge is -2.09. The minimum absolute atomic E-state index is 0.0914. The molecule has 5 heteroatoms. The van der Waals surface area contributed by atoms with E-state index in [-0.39, 0.29) is 5.91 Å². The van der Waals surface area contributed by atoms with Crippen LogP contribution in [0.2, 0.25) is 0 Å². The highest BCUT2D eigenvalue weighted by Crippen LogP contribution is 2.13. The summed E-state index contributed by atoms with van der Waals surface area (Å²) in [5, 5.41) is 6.80. The third-order valence-corrected chi connectivity index (χ3v) is 2.89. The van der Waals surface area contributed by atoms with Crippen molar-refractivity contribution >= 4 is 5.91 Å². The SMILES string of the molecule is Cc1noc(C)c1CCC(=O)NCCCN(C)C. The molecule has 1 amide bonds. The number of hydrogen-bond acceptors (Lipinski definition) is 4. The Morgan fingerprint density at radius 1 is 1.39 bits per heavy atom. The first-order valence-electron chi connectivity index (χ1n) is 6.34. The maximum absolute atomic E-state index is 11.6. The number of rotatable bonds is 7. The maximum Gasteiger partial charge on any atom is 0.220 e. The number of hydrogen-bond donors (Lipinski definition) is 1. The Kier molecular flexibility index (Phi) is 5.85. The third-order valence-electron chi connectivity index (χ3n) is 2.89. The minimum Gasteiger partial charge on any atom is -0.361 e. The van der Waals surface area contributed by atoms with Gasteiger partial charge in [0.1, 0.15) is 5.76 Å². The van der Waals surface area contributed by atoms with Gasteiger partial charge in [-0.1, -0.05) is 5.16 Å². The maximum atomic E-state index is 11.6. The van der Waals surface area contributed by atoms with Crippen LogP contribution in [0.3, 0.4) is 0 Å². The first-order valence-corrected chi connectivity index (χ1v) is 6.34. The predicted molar refractivity (Wildman–Crippen MR) is 70.5 cm³/mol. The molecule has 5 nitrogen and oxygen atoms in total. The van der Waals surface area contributed by atoms with Crippen molar-refractivity contribution in [3.05, 3.63) is 17.0 Å². The van der Waals surface area contributed by atoms with Crippen molar-refractivity contribution in [1.29, 1.82) is 0 Å². The molecule has 0 aliphatic heterocycles. The van der Waals surface area contributed by atoms with E-state index in [1.54, 1.807) is 0 Å². The van der Waals surface area contributed by atoms with E-state index in [2.05, 4.69) is 15.4 Å². The van der Waals surface area contributed by atoms with Crippen LogP contribution in [0.1, 0.15) is 29.9 Å². The molecule has 0 atom stereocenters. The van der Waals surface area contributed by atoms with Gasteiger partial charge in [-0.2, -0.15) is 0 Å². The van der Waals surface area contributed by atoms with Crippen molar-refractivity contribution in [2.24, 2.45) is 0 Å². The summed E-state index contributed by atoms with van der Waals surface area (Å²) >= 11 is 0. The van der Waals surface area contributed by atoms with E-state index < -0.39 is 0 Å². The number of amides is 1. The van der Waals surface area contributed by atoms with E-state index in [1.807, 2.05) is 27.9 Å². The standard InChI is InChI=1S/C13H23N3O2/c1-10-12(11(2)18-15-10)6-7-13(17)14-8-5-9-16(3)4/h5-9H2,1-4H3,(H,14,17). The van der Waals surface area contributed by atoms with Gasteiger partial charge < -0.3 is 14.7 Å². The zero-order valence-electron chi connectivity index (χ0n) is 11.7. The molecular formula is C13H23N3O2. The number of nitrogens with one attached hydrogen (secondary N) is 1. The molecule has 0 unspecified atom stereocenters. The lowest BCUT2D eigenvalue weighted by Crippen LogP contribution is -2.27. The van der Waals surface area contributed by atoms with Crippen molar-refractivity contribution in [3.63, 3.8) is 0 Å². The molecule has 0 spiro atoms. The molecule has 1 aromatic rings. The summed E-state index contributed by atoms with van der Waals surface area (Å²) < 4.78 is 5.07. The highest BCUT2D eigenvalue weighted by atomic mass is 16.5. The number of nitrogens with zero attached hydrogens (tertiary/aromatic N) is 2. The topological polar surface area (TPSA) is 58.4 Å². The molecule has 1 N–H and O–H groups in total. The molecule has 0 radical (unpaired) electrons. The summed E-state index contributed by atoms with van der Waals surface area (Å²) in [6, 6.07) is 0. The molecule has 18 heavy (non-hydrogen) atoms. The molecule has 1 rings (SSSR count). The first kappa shape index (κ1) is 14.7.